The van der Waals surface area contributed by atoms with Crippen molar-refractivity contribution in [3.63, 3.8) is 0 Å². The maximum atomic E-state index is 15.0. The summed E-state index contributed by atoms with van der Waals surface area (Å²) in [6.45, 7) is 4.31. The fourth-order valence-electron chi connectivity index (χ4n) is 5.52. The minimum Gasteiger partial charge on any atom is -0.476 e. The van der Waals surface area contributed by atoms with E-state index in [0.29, 0.717) is 34.6 Å². The first-order valence-electron chi connectivity index (χ1n) is 14.8. The number of nitrogens with two attached hydrogens (primary N) is 1. The maximum absolute atomic E-state index is 15.0. The summed E-state index contributed by atoms with van der Waals surface area (Å²) < 4.78 is 40.4. The number of benzene rings is 3. The topological polar surface area (TPSA) is 128 Å². The van der Waals surface area contributed by atoms with E-state index in [0.717, 1.165) is 47.2 Å². The molecule has 0 bridgehead atoms. The molecule has 0 spiro atoms. The minimum absolute atomic E-state index is 0.0609. The van der Waals surface area contributed by atoms with Gasteiger partial charge in [-0.3, -0.25) is 0 Å². The van der Waals surface area contributed by atoms with Crippen LogP contribution in [0.2, 0.25) is 0 Å². The van der Waals surface area contributed by atoms with Crippen LogP contribution in [0.1, 0.15) is 71.9 Å². The Bertz CT molecular complexity index is 1990. The number of hydrogen-bond acceptors (Lipinski definition) is 6. The number of aromatic carboxylic acids is 1. The molecule has 1 fully saturated rings. The van der Waals surface area contributed by atoms with Gasteiger partial charge in [-0.2, -0.15) is 5.10 Å². The van der Waals surface area contributed by atoms with E-state index in [-0.39, 0.29) is 12.1 Å². The van der Waals surface area contributed by atoms with Crippen molar-refractivity contribution >= 4 is 27.3 Å². The van der Waals surface area contributed by atoms with E-state index < -0.39 is 26.7 Å². The van der Waals surface area contributed by atoms with Gasteiger partial charge in [-0.05, 0) is 65.1 Å². The number of thiazole rings is 1. The minimum atomic E-state index is -4.22. The molecule has 0 radical (unpaired) electrons. The van der Waals surface area contributed by atoms with E-state index in [1.165, 1.54) is 34.4 Å². The highest BCUT2D eigenvalue weighted by atomic mass is 32.2. The van der Waals surface area contributed by atoms with Gasteiger partial charge in [0.1, 0.15) is 10.7 Å². The summed E-state index contributed by atoms with van der Waals surface area (Å²) in [6.07, 6.45) is 4.18. The molecule has 3 N–H and O–H groups in total. The molecule has 1 aliphatic rings. The molecule has 0 aliphatic heterocycles. The normalized spacial score (nSPS) is 13.4. The van der Waals surface area contributed by atoms with Crippen molar-refractivity contribution in [1.82, 2.24) is 14.8 Å². The first-order chi connectivity index (χ1) is 21.5. The van der Waals surface area contributed by atoms with Gasteiger partial charge in [0.25, 0.3) is 0 Å². The van der Waals surface area contributed by atoms with Crippen molar-refractivity contribution < 1.29 is 22.7 Å². The van der Waals surface area contributed by atoms with Gasteiger partial charge >= 0.3 is 5.97 Å². The number of carboxylic acids is 1. The third-order valence-electron chi connectivity index (χ3n) is 8.20. The molecule has 2 heterocycles. The Balaban J connectivity index is 1.50. The largest absolute Gasteiger partial charge is 0.476 e. The second kappa shape index (κ2) is 12.3. The average molecular weight is 645 g/mol. The van der Waals surface area contributed by atoms with E-state index >= 15 is 0 Å². The van der Waals surface area contributed by atoms with Crippen LogP contribution in [0, 0.1) is 11.7 Å². The lowest BCUT2D eigenvalue weighted by atomic mass is 9.94. The number of carboxylic acid groups (broad SMARTS) is 1. The van der Waals surface area contributed by atoms with Crippen LogP contribution in [0.4, 0.5) is 4.39 Å². The fourth-order valence-corrected chi connectivity index (χ4v) is 6.88. The van der Waals surface area contributed by atoms with Crippen molar-refractivity contribution in [1.29, 1.82) is 0 Å². The first kappa shape index (κ1) is 30.8. The lowest BCUT2D eigenvalue weighted by Crippen LogP contribution is -2.14. The van der Waals surface area contributed by atoms with Gasteiger partial charge in [-0.15, -0.1) is 11.3 Å². The van der Waals surface area contributed by atoms with Crippen molar-refractivity contribution in [3.05, 3.63) is 106 Å². The van der Waals surface area contributed by atoms with E-state index in [1.54, 1.807) is 10.7 Å². The molecule has 0 atom stereocenters. The number of rotatable bonds is 11. The SMILES string of the molecule is CC(C)c1ccc(-c2cccc(-c3nn(-c4nc(C(=O)O)cs4)c(CCC4CC4)c3Cc3ccc(S(N)(=O)=O)c(F)c3)c2)cc1. The van der Waals surface area contributed by atoms with E-state index in [1.807, 2.05) is 18.2 Å². The molecule has 3 aromatic carbocycles. The Morgan fingerprint density at radius 1 is 1.07 bits per heavy atom. The molecule has 2 aromatic heterocycles. The summed E-state index contributed by atoms with van der Waals surface area (Å²) >= 11 is 1.20. The van der Waals surface area contributed by atoms with Crippen LogP contribution in [0.3, 0.4) is 0 Å². The summed E-state index contributed by atoms with van der Waals surface area (Å²) in [5.41, 5.74) is 7.04. The number of sulfonamides is 1. The maximum Gasteiger partial charge on any atom is 0.355 e. The number of nitrogens with zero attached hydrogens (tertiary/aromatic N) is 3. The number of halogens is 1. The van der Waals surface area contributed by atoms with E-state index in [9.17, 15) is 22.7 Å². The van der Waals surface area contributed by atoms with E-state index in [2.05, 4.69) is 49.2 Å². The Hall–Kier alpha value is -4.19. The van der Waals surface area contributed by atoms with Crippen LogP contribution in [-0.2, 0) is 22.9 Å². The zero-order valence-electron chi connectivity index (χ0n) is 24.9. The van der Waals surface area contributed by atoms with Gasteiger partial charge < -0.3 is 5.11 Å². The lowest BCUT2D eigenvalue weighted by Gasteiger charge is -2.11. The number of primary sulfonamides is 1. The number of carbonyl (C=O) groups is 1. The fraction of sp³-hybridized carbons (Fsp3) is 0.265. The van der Waals surface area contributed by atoms with Crippen LogP contribution >= 0.6 is 11.3 Å². The Morgan fingerprint density at radius 2 is 1.80 bits per heavy atom. The van der Waals surface area contributed by atoms with E-state index in [4.69, 9.17) is 10.2 Å². The zero-order valence-corrected chi connectivity index (χ0v) is 26.5. The van der Waals surface area contributed by atoms with Crippen LogP contribution in [0.5, 0.6) is 0 Å². The summed E-state index contributed by atoms with van der Waals surface area (Å²) in [5, 5.41) is 21.7. The molecule has 1 saturated carbocycles. The predicted molar refractivity (Wildman–Crippen MR) is 173 cm³/mol. The summed E-state index contributed by atoms with van der Waals surface area (Å²) in [4.78, 5) is 15.5. The number of aromatic nitrogens is 3. The summed E-state index contributed by atoms with van der Waals surface area (Å²) in [7, 11) is -4.22. The Labute approximate surface area is 265 Å². The van der Waals surface area contributed by atoms with Gasteiger partial charge in [0, 0.05) is 22.9 Å². The lowest BCUT2D eigenvalue weighted by molar-refractivity contribution is 0.0691. The van der Waals surface area contributed by atoms with Gasteiger partial charge in [0.05, 0.1) is 11.4 Å². The molecule has 0 amide bonds. The molecule has 0 unspecified atom stereocenters. The molecule has 5 aromatic rings. The standard InChI is InChI=1S/C34H33FN4O4S2/c1-20(2)23-10-12-24(13-11-23)25-4-3-5-26(18-25)32-27(16-22-9-15-31(28(35)17-22)45(36,42)43)30(14-8-21-6-7-21)39(38-32)34-37-29(19-44-34)33(40)41/h3-5,9-13,15,17-21H,6-8,14,16H2,1-2H3,(H,40,41)(H2,36,42,43). The molecule has 1 aliphatic carbocycles. The van der Waals surface area contributed by atoms with Gasteiger partial charge in [-0.25, -0.2) is 32.4 Å². The van der Waals surface area contributed by atoms with Gasteiger partial charge in [0.2, 0.25) is 15.2 Å². The molecular formula is C34H33FN4O4S2. The summed E-state index contributed by atoms with van der Waals surface area (Å²) in [6, 6.07) is 20.5. The third kappa shape index (κ3) is 6.75. The molecular weight excluding hydrogens is 612 g/mol. The van der Waals surface area contributed by atoms with Crippen molar-refractivity contribution in [2.75, 3.05) is 0 Å². The monoisotopic (exact) mass is 644 g/mol. The summed E-state index contributed by atoms with van der Waals surface area (Å²) in [5.74, 6) is -1.01. The van der Waals surface area contributed by atoms with Crippen LogP contribution < -0.4 is 5.14 Å². The zero-order chi connectivity index (χ0) is 31.9. The third-order valence-corrected chi connectivity index (χ3v) is 9.96. The number of hydrogen-bond donors (Lipinski definition) is 2. The van der Waals surface area contributed by atoms with Gasteiger partial charge in [-0.1, -0.05) is 75.2 Å². The van der Waals surface area contributed by atoms with Crippen molar-refractivity contribution in [2.45, 2.75) is 56.8 Å². The molecule has 6 rings (SSSR count). The average Bonchev–Trinajstić information content (AvgIpc) is 3.57. The molecule has 0 saturated heterocycles. The second-order valence-electron chi connectivity index (χ2n) is 11.8. The molecule has 232 valence electrons. The quantitative estimate of drug-likeness (QED) is 0.156. The predicted octanol–water partition coefficient (Wildman–Crippen LogP) is 7.20. The van der Waals surface area contributed by atoms with Crippen molar-refractivity contribution in [2.24, 2.45) is 11.1 Å². The highest BCUT2D eigenvalue weighted by Gasteiger charge is 2.27. The van der Waals surface area contributed by atoms with Crippen LogP contribution in [0.15, 0.2) is 77.0 Å². The second-order valence-corrected chi connectivity index (χ2v) is 14.2. The Kier molecular flexibility index (Phi) is 8.43. The highest BCUT2D eigenvalue weighted by molar-refractivity contribution is 7.89. The molecule has 45 heavy (non-hydrogen) atoms. The van der Waals surface area contributed by atoms with Crippen LogP contribution in [-0.4, -0.2) is 34.3 Å². The van der Waals surface area contributed by atoms with Crippen molar-refractivity contribution in [3.8, 4) is 27.5 Å². The highest BCUT2D eigenvalue weighted by Crippen LogP contribution is 2.38. The molecule has 11 heteroatoms. The molecule has 8 nitrogen and oxygen atoms in total. The Morgan fingerprint density at radius 3 is 2.42 bits per heavy atom. The van der Waals surface area contributed by atoms with Gasteiger partial charge in [0.15, 0.2) is 5.69 Å². The smallest absolute Gasteiger partial charge is 0.355 e. The first-order valence-corrected chi connectivity index (χ1v) is 17.2. The van der Waals surface area contributed by atoms with Crippen LogP contribution in [0.25, 0.3) is 27.5 Å².